The normalized spacial score (nSPS) is 11.3. The van der Waals surface area contributed by atoms with Crippen molar-refractivity contribution in [2.45, 2.75) is 12.8 Å². The average molecular weight is 392 g/mol. The van der Waals surface area contributed by atoms with E-state index in [0.29, 0.717) is 0 Å². The first kappa shape index (κ1) is 19.5. The molecule has 0 saturated carbocycles. The fourth-order valence-electron chi connectivity index (χ4n) is 2.88. The van der Waals surface area contributed by atoms with Crippen molar-refractivity contribution in [2.24, 2.45) is 10.8 Å². The summed E-state index contributed by atoms with van der Waals surface area (Å²) >= 11 is 6.04. The van der Waals surface area contributed by atoms with E-state index in [9.17, 15) is 0 Å². The molecule has 0 bridgehead atoms. The van der Waals surface area contributed by atoms with Crippen molar-refractivity contribution in [3.05, 3.63) is 94.8 Å². The van der Waals surface area contributed by atoms with Gasteiger partial charge in [-0.15, -0.1) is 0 Å². The Morgan fingerprint density at radius 3 is 2.57 bits per heavy atom. The van der Waals surface area contributed by atoms with Crippen molar-refractivity contribution < 1.29 is 0 Å². The van der Waals surface area contributed by atoms with Crippen molar-refractivity contribution >= 4 is 29.9 Å². The Kier molecular flexibility index (Phi) is 6.65. The van der Waals surface area contributed by atoms with Crippen LogP contribution in [0.5, 0.6) is 0 Å². The lowest BCUT2D eigenvalue weighted by Gasteiger charge is -2.09. The Balaban J connectivity index is 1.82. The first-order valence-electron chi connectivity index (χ1n) is 8.93. The Morgan fingerprint density at radius 1 is 1.11 bits per heavy atom. The molecule has 1 heterocycles. The largest absolute Gasteiger partial charge is 0.369 e. The third-order valence-electron chi connectivity index (χ3n) is 4.17. The van der Waals surface area contributed by atoms with Gasteiger partial charge in [-0.1, -0.05) is 48.0 Å². The van der Waals surface area contributed by atoms with Crippen LogP contribution in [0.1, 0.15) is 16.8 Å². The van der Waals surface area contributed by atoms with E-state index in [4.69, 9.17) is 22.7 Å². The fourth-order valence-corrected chi connectivity index (χ4v) is 3.00. The minimum atomic E-state index is -0.193. The van der Waals surface area contributed by atoms with Crippen molar-refractivity contribution in [3.63, 3.8) is 0 Å². The van der Waals surface area contributed by atoms with Crippen LogP contribution >= 0.6 is 11.6 Å². The van der Waals surface area contributed by atoms with Gasteiger partial charge in [-0.2, -0.15) is 5.10 Å². The molecule has 5 nitrogen and oxygen atoms in total. The van der Waals surface area contributed by atoms with Gasteiger partial charge in [0.05, 0.1) is 0 Å². The van der Waals surface area contributed by atoms with Gasteiger partial charge in [0.1, 0.15) is 0 Å². The lowest BCUT2D eigenvalue weighted by Crippen LogP contribution is -2.25. The molecule has 0 aliphatic carbocycles. The van der Waals surface area contributed by atoms with E-state index in [1.165, 1.54) is 11.3 Å². The maximum atomic E-state index is 7.07. The Bertz CT molecular complexity index is 972. The molecule has 0 atom stereocenters. The zero-order valence-corrected chi connectivity index (χ0v) is 16.1. The van der Waals surface area contributed by atoms with Gasteiger partial charge in [-0.25, -0.2) is 5.43 Å². The molecule has 0 saturated heterocycles. The molecule has 0 amide bonds. The average Bonchev–Trinajstić information content (AvgIpc) is 3.10. The number of benzene rings is 2. The first-order valence-corrected chi connectivity index (χ1v) is 9.30. The summed E-state index contributed by atoms with van der Waals surface area (Å²) in [5, 5.41) is 11.6. The molecule has 0 fully saturated rings. The number of rotatable bonds is 7. The number of hydrogen-bond donors (Lipinski definition) is 3. The van der Waals surface area contributed by atoms with Gasteiger partial charge in [0.15, 0.2) is 0 Å². The predicted molar refractivity (Wildman–Crippen MR) is 117 cm³/mol. The van der Waals surface area contributed by atoms with Gasteiger partial charge < -0.3 is 10.3 Å². The Labute approximate surface area is 169 Å². The van der Waals surface area contributed by atoms with E-state index in [1.54, 1.807) is 12.3 Å². The molecule has 6 heteroatoms. The zero-order chi connectivity index (χ0) is 19.8. The molecule has 142 valence electrons. The molecule has 0 unspecified atom stereocenters. The summed E-state index contributed by atoms with van der Waals surface area (Å²) in [5.41, 5.74) is 12.2. The summed E-state index contributed by atoms with van der Waals surface area (Å²) < 4.78 is 2.18. The van der Waals surface area contributed by atoms with Gasteiger partial charge in [-0.3, -0.25) is 5.41 Å². The van der Waals surface area contributed by atoms with Crippen molar-refractivity contribution in [3.8, 4) is 5.69 Å². The minimum Gasteiger partial charge on any atom is -0.369 e. The second-order valence-electron chi connectivity index (χ2n) is 6.26. The highest BCUT2D eigenvalue weighted by molar-refractivity contribution is 6.30. The minimum absolute atomic E-state index is 0.193. The topological polar surface area (TPSA) is 79.2 Å². The molecular formula is C22H22ClN5. The van der Waals surface area contributed by atoms with Crippen LogP contribution in [0.25, 0.3) is 11.8 Å². The van der Waals surface area contributed by atoms with Crippen LogP contribution in [0.2, 0.25) is 5.02 Å². The second-order valence-corrected chi connectivity index (χ2v) is 6.70. The van der Waals surface area contributed by atoms with Crippen molar-refractivity contribution in [1.82, 2.24) is 9.99 Å². The van der Waals surface area contributed by atoms with Gasteiger partial charge in [0.2, 0.25) is 5.96 Å². The summed E-state index contributed by atoms with van der Waals surface area (Å²) in [7, 11) is 0. The number of allylic oxidation sites excluding steroid dienone is 1. The predicted octanol–water partition coefficient (Wildman–Crippen LogP) is 4.40. The highest BCUT2D eigenvalue weighted by Crippen LogP contribution is 2.20. The number of nitrogens with one attached hydrogen (secondary N) is 2. The van der Waals surface area contributed by atoms with Crippen molar-refractivity contribution in [2.75, 3.05) is 0 Å². The number of halogens is 1. The van der Waals surface area contributed by atoms with Gasteiger partial charge >= 0.3 is 0 Å². The zero-order valence-electron chi connectivity index (χ0n) is 15.3. The van der Waals surface area contributed by atoms with Crippen LogP contribution in [0, 0.1) is 5.41 Å². The number of nitrogens with zero attached hydrogens (tertiary/aromatic N) is 2. The highest BCUT2D eigenvalue weighted by atomic mass is 35.5. The third-order valence-corrected chi connectivity index (χ3v) is 4.42. The van der Waals surface area contributed by atoms with Gasteiger partial charge in [-0.05, 0) is 60.4 Å². The number of aryl methyl sites for hydroxylation is 2. The maximum Gasteiger partial charge on any atom is 0.206 e. The van der Waals surface area contributed by atoms with Gasteiger partial charge in [0.25, 0.3) is 0 Å². The summed E-state index contributed by atoms with van der Waals surface area (Å²) in [6, 6.07) is 20.4. The molecule has 28 heavy (non-hydrogen) atoms. The van der Waals surface area contributed by atoms with E-state index < -0.39 is 0 Å². The second kappa shape index (κ2) is 9.58. The maximum absolute atomic E-state index is 7.07. The molecule has 0 aliphatic rings. The molecule has 2 aromatic carbocycles. The van der Waals surface area contributed by atoms with E-state index in [2.05, 4.69) is 51.6 Å². The SMILES string of the molecule is N=C(N)N/N=C/C=C/c1cc(CCc2ccccc2)n(-c2ccc(Cl)cc2)c1. The van der Waals surface area contributed by atoms with E-state index in [0.717, 1.165) is 29.1 Å². The lowest BCUT2D eigenvalue weighted by atomic mass is 10.1. The number of aromatic nitrogens is 1. The summed E-state index contributed by atoms with van der Waals surface area (Å²) in [5.74, 6) is -0.193. The summed E-state index contributed by atoms with van der Waals surface area (Å²) in [6.45, 7) is 0. The van der Waals surface area contributed by atoms with Gasteiger partial charge in [0, 0.05) is 28.8 Å². The molecule has 3 rings (SSSR count). The number of nitrogens with two attached hydrogens (primary N) is 1. The summed E-state index contributed by atoms with van der Waals surface area (Å²) in [6.07, 6.45) is 9.30. The molecular weight excluding hydrogens is 370 g/mol. The smallest absolute Gasteiger partial charge is 0.206 e. The van der Waals surface area contributed by atoms with E-state index in [-0.39, 0.29) is 5.96 Å². The highest BCUT2D eigenvalue weighted by Gasteiger charge is 2.07. The van der Waals surface area contributed by atoms with Crippen LogP contribution in [0.3, 0.4) is 0 Å². The fraction of sp³-hybridized carbons (Fsp3) is 0.0909. The number of hydrazone groups is 1. The molecule has 3 aromatic rings. The standard InChI is InChI=1S/C22H22ClN5/c23-19-9-12-20(13-10-19)28-16-18(7-4-14-26-27-22(24)25)15-21(28)11-8-17-5-2-1-3-6-17/h1-7,9-10,12-16H,8,11H2,(H4,24,25,27)/b7-4+,26-14+. The quantitative estimate of drug-likeness (QED) is 0.317. The Hall–Kier alpha value is -3.31. The molecule has 0 radical (unpaired) electrons. The van der Waals surface area contributed by atoms with E-state index in [1.807, 2.05) is 36.4 Å². The molecule has 0 aliphatic heterocycles. The molecule has 0 spiro atoms. The summed E-state index contributed by atoms with van der Waals surface area (Å²) in [4.78, 5) is 0. The van der Waals surface area contributed by atoms with Crippen molar-refractivity contribution in [1.29, 1.82) is 5.41 Å². The molecule has 1 aromatic heterocycles. The van der Waals surface area contributed by atoms with Crippen LogP contribution < -0.4 is 11.2 Å². The van der Waals surface area contributed by atoms with Crippen LogP contribution in [0.15, 0.2) is 78.0 Å². The monoisotopic (exact) mass is 391 g/mol. The number of hydrogen-bond acceptors (Lipinski definition) is 2. The van der Waals surface area contributed by atoms with Crippen LogP contribution in [0.4, 0.5) is 0 Å². The van der Waals surface area contributed by atoms with Crippen LogP contribution in [-0.2, 0) is 12.8 Å². The van der Waals surface area contributed by atoms with Crippen LogP contribution in [-0.4, -0.2) is 16.7 Å². The molecule has 4 N–H and O–H groups in total. The third kappa shape index (κ3) is 5.59. The lowest BCUT2D eigenvalue weighted by molar-refractivity contribution is 0.866. The van der Waals surface area contributed by atoms with E-state index >= 15 is 0 Å². The Morgan fingerprint density at radius 2 is 1.86 bits per heavy atom. The first-order chi connectivity index (χ1) is 13.6. The number of guanidine groups is 1.